The third kappa shape index (κ3) is 7.84. The number of carboxylic acids is 1. The molecule has 114 valence electrons. The Labute approximate surface area is 125 Å². The van der Waals surface area contributed by atoms with E-state index in [1.165, 1.54) is 0 Å². The largest absolute Gasteiger partial charge is 0.490 e. The average molecular weight is 320 g/mol. The van der Waals surface area contributed by atoms with E-state index in [-0.39, 0.29) is 12.4 Å². The van der Waals surface area contributed by atoms with Crippen LogP contribution >= 0.6 is 12.4 Å². The molecule has 0 atom stereocenters. The fourth-order valence-electron chi connectivity index (χ4n) is 1.21. The van der Waals surface area contributed by atoms with Crippen molar-refractivity contribution < 1.29 is 23.1 Å². The number of hydrogen-bond acceptors (Lipinski definition) is 2. The highest BCUT2D eigenvalue weighted by molar-refractivity contribution is 5.85. The summed E-state index contributed by atoms with van der Waals surface area (Å²) in [5.74, 6) is -2.76. The number of para-hydroxylation sites is 2. The smallest absolute Gasteiger partial charge is 0.475 e. The Morgan fingerprint density at radius 2 is 1.14 bits per heavy atom. The summed E-state index contributed by atoms with van der Waals surface area (Å²) in [5, 5.41) is 10.4. The fourth-order valence-corrected chi connectivity index (χ4v) is 1.21. The lowest BCUT2D eigenvalue weighted by atomic mass is 10.3. The van der Waals surface area contributed by atoms with Gasteiger partial charge in [0.2, 0.25) is 0 Å². The zero-order valence-corrected chi connectivity index (χ0v) is 11.5. The van der Waals surface area contributed by atoms with Gasteiger partial charge in [0.1, 0.15) is 0 Å². The molecule has 0 heterocycles. The minimum absolute atomic E-state index is 0. The van der Waals surface area contributed by atoms with Crippen LogP contribution in [-0.2, 0) is 4.79 Å². The van der Waals surface area contributed by atoms with Crippen molar-refractivity contribution in [2.75, 3.05) is 5.32 Å². The van der Waals surface area contributed by atoms with E-state index in [1.807, 2.05) is 60.7 Å². The second-order valence-corrected chi connectivity index (χ2v) is 3.66. The van der Waals surface area contributed by atoms with Gasteiger partial charge in [-0.1, -0.05) is 36.4 Å². The van der Waals surface area contributed by atoms with Crippen LogP contribution in [-0.4, -0.2) is 17.3 Å². The van der Waals surface area contributed by atoms with E-state index in [0.29, 0.717) is 0 Å². The van der Waals surface area contributed by atoms with Crippen molar-refractivity contribution in [1.82, 2.24) is 0 Å². The summed E-state index contributed by atoms with van der Waals surface area (Å²) in [6.45, 7) is 0. The molecule has 0 radical (unpaired) electrons. The molecule has 0 aliphatic carbocycles. The molecular formula is C14H13ClF3NO2. The molecule has 7 heteroatoms. The molecular weight excluding hydrogens is 307 g/mol. The van der Waals surface area contributed by atoms with Crippen LogP contribution in [0.5, 0.6) is 0 Å². The number of rotatable bonds is 2. The maximum atomic E-state index is 10.6. The summed E-state index contributed by atoms with van der Waals surface area (Å²) >= 11 is 0. The van der Waals surface area contributed by atoms with Gasteiger partial charge in [-0.25, -0.2) is 4.79 Å². The molecule has 0 bridgehead atoms. The maximum absolute atomic E-state index is 10.6. The van der Waals surface area contributed by atoms with Crippen molar-refractivity contribution in [3.63, 3.8) is 0 Å². The monoisotopic (exact) mass is 319 g/mol. The molecule has 0 fully saturated rings. The van der Waals surface area contributed by atoms with E-state index in [9.17, 15) is 13.2 Å². The first-order valence-electron chi connectivity index (χ1n) is 5.57. The molecule has 0 aromatic heterocycles. The Kier molecular flexibility index (Phi) is 7.93. The van der Waals surface area contributed by atoms with Gasteiger partial charge in [0.25, 0.3) is 0 Å². The lowest BCUT2D eigenvalue weighted by molar-refractivity contribution is -0.192. The number of halogens is 4. The van der Waals surface area contributed by atoms with Crippen molar-refractivity contribution in [3.05, 3.63) is 60.7 Å². The summed E-state index contributed by atoms with van der Waals surface area (Å²) in [6, 6.07) is 20.3. The minimum Gasteiger partial charge on any atom is -0.475 e. The Morgan fingerprint density at radius 1 is 0.857 bits per heavy atom. The van der Waals surface area contributed by atoms with Gasteiger partial charge >= 0.3 is 12.1 Å². The van der Waals surface area contributed by atoms with Crippen LogP contribution in [0.3, 0.4) is 0 Å². The summed E-state index contributed by atoms with van der Waals surface area (Å²) in [4.78, 5) is 8.90. The zero-order valence-electron chi connectivity index (χ0n) is 10.7. The molecule has 0 aliphatic heterocycles. The first-order chi connectivity index (χ1) is 9.39. The maximum Gasteiger partial charge on any atom is 0.490 e. The number of carboxylic acid groups (broad SMARTS) is 1. The first kappa shape index (κ1) is 18.8. The Morgan fingerprint density at radius 3 is 1.38 bits per heavy atom. The highest BCUT2D eigenvalue weighted by atomic mass is 35.5. The molecule has 3 nitrogen and oxygen atoms in total. The molecule has 2 aromatic carbocycles. The van der Waals surface area contributed by atoms with E-state index in [4.69, 9.17) is 9.90 Å². The predicted molar refractivity (Wildman–Crippen MR) is 77.1 cm³/mol. The number of carbonyl (C=O) groups is 1. The molecule has 0 amide bonds. The van der Waals surface area contributed by atoms with Crippen LogP contribution in [0.4, 0.5) is 24.5 Å². The van der Waals surface area contributed by atoms with Crippen LogP contribution in [0.2, 0.25) is 0 Å². The van der Waals surface area contributed by atoms with E-state index in [2.05, 4.69) is 5.32 Å². The van der Waals surface area contributed by atoms with Crippen molar-refractivity contribution in [1.29, 1.82) is 0 Å². The predicted octanol–water partition coefficient (Wildman–Crippen LogP) is 4.49. The van der Waals surface area contributed by atoms with Crippen LogP contribution < -0.4 is 5.32 Å². The number of hydrogen-bond donors (Lipinski definition) is 2. The third-order valence-corrected chi connectivity index (χ3v) is 2.08. The second kappa shape index (κ2) is 8.86. The summed E-state index contributed by atoms with van der Waals surface area (Å²) in [7, 11) is 0. The lowest BCUT2D eigenvalue weighted by Gasteiger charge is -2.04. The minimum atomic E-state index is -5.08. The Balaban J connectivity index is 0.000000436. The van der Waals surface area contributed by atoms with E-state index < -0.39 is 12.1 Å². The lowest BCUT2D eigenvalue weighted by Crippen LogP contribution is -2.21. The van der Waals surface area contributed by atoms with Gasteiger partial charge in [0, 0.05) is 11.4 Å². The molecule has 0 saturated carbocycles. The molecule has 0 spiro atoms. The van der Waals surface area contributed by atoms with E-state index in [0.717, 1.165) is 11.4 Å². The summed E-state index contributed by atoms with van der Waals surface area (Å²) < 4.78 is 31.7. The van der Waals surface area contributed by atoms with E-state index in [1.54, 1.807) is 0 Å². The fraction of sp³-hybridized carbons (Fsp3) is 0.0714. The zero-order chi connectivity index (χ0) is 15.0. The van der Waals surface area contributed by atoms with E-state index >= 15 is 0 Å². The molecule has 21 heavy (non-hydrogen) atoms. The first-order valence-corrected chi connectivity index (χ1v) is 5.57. The number of aliphatic carboxylic acids is 1. The van der Waals surface area contributed by atoms with Crippen molar-refractivity contribution in [2.45, 2.75) is 6.18 Å². The average Bonchev–Trinajstić information content (AvgIpc) is 2.40. The van der Waals surface area contributed by atoms with Crippen LogP contribution in [0, 0.1) is 0 Å². The molecule has 0 unspecified atom stereocenters. The number of alkyl halides is 3. The molecule has 2 N–H and O–H groups in total. The van der Waals surface area contributed by atoms with Gasteiger partial charge in [0.15, 0.2) is 0 Å². The summed E-state index contributed by atoms with van der Waals surface area (Å²) in [6.07, 6.45) is -5.08. The van der Waals surface area contributed by atoms with Crippen LogP contribution in [0.15, 0.2) is 60.7 Å². The standard InChI is InChI=1S/C12H11N.C2HF3O2.ClH/c1-3-7-11(8-4-1)13-12-9-5-2-6-10-12;3-2(4,5)1(6)7;/h1-10,13H;(H,6,7);1H. The number of benzene rings is 2. The van der Waals surface area contributed by atoms with Gasteiger partial charge in [-0.15, -0.1) is 12.4 Å². The van der Waals surface area contributed by atoms with Crippen molar-refractivity contribution in [3.8, 4) is 0 Å². The Hall–Kier alpha value is -2.21. The SMILES string of the molecule is Cl.O=C(O)C(F)(F)F.c1ccc(Nc2ccccc2)cc1. The van der Waals surface area contributed by atoms with Crippen molar-refractivity contribution >= 4 is 29.8 Å². The van der Waals surface area contributed by atoms with Gasteiger partial charge in [-0.3, -0.25) is 0 Å². The van der Waals surface area contributed by atoms with Gasteiger partial charge in [-0.2, -0.15) is 13.2 Å². The normalized spacial score (nSPS) is 9.67. The quantitative estimate of drug-likeness (QED) is 0.857. The third-order valence-electron chi connectivity index (χ3n) is 2.08. The molecule has 2 aromatic rings. The van der Waals surface area contributed by atoms with Gasteiger partial charge in [-0.05, 0) is 24.3 Å². The van der Waals surface area contributed by atoms with Gasteiger partial charge in [0.05, 0.1) is 0 Å². The molecule has 2 rings (SSSR count). The number of anilines is 2. The van der Waals surface area contributed by atoms with Crippen LogP contribution in [0.25, 0.3) is 0 Å². The molecule has 0 aliphatic rings. The highest BCUT2D eigenvalue weighted by Crippen LogP contribution is 2.14. The van der Waals surface area contributed by atoms with Crippen LogP contribution in [0.1, 0.15) is 0 Å². The number of nitrogens with one attached hydrogen (secondary N) is 1. The second-order valence-electron chi connectivity index (χ2n) is 3.66. The topological polar surface area (TPSA) is 49.3 Å². The highest BCUT2D eigenvalue weighted by Gasteiger charge is 2.38. The summed E-state index contributed by atoms with van der Waals surface area (Å²) in [5.41, 5.74) is 2.24. The molecule has 0 saturated heterocycles. The van der Waals surface area contributed by atoms with Crippen molar-refractivity contribution in [2.24, 2.45) is 0 Å². The van der Waals surface area contributed by atoms with Gasteiger partial charge < -0.3 is 10.4 Å². The Bertz CT molecular complexity index is 495.